The molecule has 1 atom stereocenters. The van der Waals surface area contributed by atoms with Gasteiger partial charge >= 0.3 is 0 Å². The van der Waals surface area contributed by atoms with Crippen molar-refractivity contribution in [1.29, 1.82) is 0 Å². The Labute approximate surface area is 120 Å². The van der Waals surface area contributed by atoms with Crippen molar-refractivity contribution in [3.8, 4) is 0 Å². The molecule has 2 nitrogen and oxygen atoms in total. The molecule has 2 rings (SSSR count). The summed E-state index contributed by atoms with van der Waals surface area (Å²) in [4.78, 5) is 4.80. The van der Waals surface area contributed by atoms with Gasteiger partial charge in [-0.1, -0.05) is 26.0 Å². The molecule has 1 unspecified atom stereocenters. The largest absolute Gasteiger partial charge is 0.321 e. The Bertz CT molecular complexity index is 580. The molecular formula is C16H23ClN2. The summed E-state index contributed by atoms with van der Waals surface area (Å²) >= 11 is 6.37. The molecule has 0 N–H and O–H groups in total. The molecule has 0 bridgehead atoms. The highest BCUT2D eigenvalue weighted by Crippen LogP contribution is 2.35. The highest BCUT2D eigenvalue weighted by Gasteiger charge is 2.29. The molecule has 104 valence electrons. The quantitative estimate of drug-likeness (QED) is 0.705. The first kappa shape index (κ1) is 14.4. The van der Waals surface area contributed by atoms with Gasteiger partial charge in [0.15, 0.2) is 0 Å². The van der Waals surface area contributed by atoms with Crippen molar-refractivity contribution in [2.75, 3.05) is 0 Å². The summed E-state index contributed by atoms with van der Waals surface area (Å²) in [6, 6.07) is 6.36. The number of alkyl halides is 1. The number of fused-ring (bicyclic) bond motifs is 1. The second-order valence-electron chi connectivity index (χ2n) is 5.57. The van der Waals surface area contributed by atoms with Gasteiger partial charge in [0.2, 0.25) is 0 Å². The number of imidazole rings is 1. The van der Waals surface area contributed by atoms with Crippen molar-refractivity contribution in [3.63, 3.8) is 0 Å². The average Bonchev–Trinajstić information content (AvgIpc) is 2.79. The van der Waals surface area contributed by atoms with Crippen LogP contribution >= 0.6 is 11.6 Å². The standard InChI is InChI=1S/C16H23ClN2/c1-6-16(5,7-2)19-13-10-8-9-11(3)14(13)18-15(19)12(4)17/h8-10,12H,6-7H2,1-5H3. The number of hydrogen-bond donors (Lipinski definition) is 0. The number of rotatable bonds is 4. The van der Waals surface area contributed by atoms with Crippen LogP contribution in [0.5, 0.6) is 0 Å². The van der Waals surface area contributed by atoms with Gasteiger partial charge in [0, 0.05) is 5.54 Å². The van der Waals surface area contributed by atoms with Crippen LogP contribution in [0.1, 0.15) is 57.3 Å². The van der Waals surface area contributed by atoms with E-state index >= 15 is 0 Å². The summed E-state index contributed by atoms with van der Waals surface area (Å²) in [5.41, 5.74) is 3.57. The van der Waals surface area contributed by atoms with Crippen LogP contribution in [0, 0.1) is 6.92 Å². The zero-order chi connectivity index (χ0) is 14.2. The summed E-state index contributed by atoms with van der Waals surface area (Å²) < 4.78 is 2.35. The lowest BCUT2D eigenvalue weighted by atomic mass is 9.94. The number of aromatic nitrogens is 2. The predicted octanol–water partition coefficient (Wildman–Crippen LogP) is 5.18. The van der Waals surface area contributed by atoms with Gasteiger partial charge in [0.25, 0.3) is 0 Å². The maximum absolute atomic E-state index is 6.37. The minimum absolute atomic E-state index is 0.0705. The number of aryl methyl sites for hydroxylation is 1. The van der Waals surface area contributed by atoms with Gasteiger partial charge in [0.05, 0.1) is 16.4 Å². The molecule has 19 heavy (non-hydrogen) atoms. The van der Waals surface area contributed by atoms with E-state index in [2.05, 4.69) is 50.5 Å². The fraction of sp³-hybridized carbons (Fsp3) is 0.562. The first-order chi connectivity index (χ1) is 8.94. The van der Waals surface area contributed by atoms with Crippen molar-refractivity contribution in [1.82, 2.24) is 9.55 Å². The monoisotopic (exact) mass is 278 g/mol. The van der Waals surface area contributed by atoms with E-state index in [4.69, 9.17) is 16.6 Å². The molecule has 1 aromatic heterocycles. The summed E-state index contributed by atoms with van der Waals surface area (Å²) in [6.45, 7) is 10.9. The smallest absolute Gasteiger partial charge is 0.128 e. The Balaban J connectivity index is 2.83. The molecule has 0 aliphatic carbocycles. The second-order valence-corrected chi connectivity index (χ2v) is 6.22. The van der Waals surface area contributed by atoms with Gasteiger partial charge in [-0.25, -0.2) is 4.98 Å². The minimum Gasteiger partial charge on any atom is -0.321 e. The molecule has 0 aliphatic rings. The Morgan fingerprint density at radius 3 is 2.47 bits per heavy atom. The molecule has 1 aromatic carbocycles. The minimum atomic E-state index is -0.0794. The average molecular weight is 279 g/mol. The Hall–Kier alpha value is -1.02. The lowest BCUT2D eigenvalue weighted by molar-refractivity contribution is 0.293. The second kappa shape index (κ2) is 5.16. The predicted molar refractivity (Wildman–Crippen MR) is 83.0 cm³/mol. The zero-order valence-electron chi connectivity index (χ0n) is 12.5. The highest BCUT2D eigenvalue weighted by molar-refractivity contribution is 6.20. The maximum atomic E-state index is 6.37. The summed E-state index contributed by atoms with van der Waals surface area (Å²) in [5, 5.41) is -0.0794. The van der Waals surface area contributed by atoms with Gasteiger partial charge in [-0.05, 0) is 45.2 Å². The molecule has 0 saturated carbocycles. The molecule has 0 amide bonds. The van der Waals surface area contributed by atoms with E-state index in [1.807, 2.05) is 6.92 Å². The number of hydrogen-bond acceptors (Lipinski definition) is 1. The van der Waals surface area contributed by atoms with E-state index in [0.717, 1.165) is 24.2 Å². The third-order valence-corrected chi connectivity index (χ3v) is 4.53. The van der Waals surface area contributed by atoms with Crippen LogP contribution in [0.4, 0.5) is 0 Å². The third kappa shape index (κ3) is 2.27. The molecular weight excluding hydrogens is 256 g/mol. The molecule has 1 heterocycles. The Morgan fingerprint density at radius 2 is 1.95 bits per heavy atom. The van der Waals surface area contributed by atoms with Gasteiger partial charge in [-0.2, -0.15) is 0 Å². The molecule has 0 saturated heterocycles. The van der Waals surface area contributed by atoms with Crippen molar-refractivity contribution in [2.45, 2.75) is 58.4 Å². The fourth-order valence-electron chi connectivity index (χ4n) is 2.66. The van der Waals surface area contributed by atoms with Crippen LogP contribution in [-0.4, -0.2) is 9.55 Å². The normalized spacial score (nSPS) is 14.0. The lowest BCUT2D eigenvalue weighted by Gasteiger charge is -2.32. The van der Waals surface area contributed by atoms with Crippen molar-refractivity contribution in [2.24, 2.45) is 0 Å². The van der Waals surface area contributed by atoms with Crippen LogP contribution < -0.4 is 0 Å². The first-order valence-electron chi connectivity index (χ1n) is 7.07. The molecule has 0 aliphatic heterocycles. The van der Waals surface area contributed by atoms with Crippen molar-refractivity contribution < 1.29 is 0 Å². The number of benzene rings is 1. The Morgan fingerprint density at radius 1 is 1.32 bits per heavy atom. The van der Waals surface area contributed by atoms with E-state index in [1.165, 1.54) is 11.1 Å². The van der Waals surface area contributed by atoms with Crippen LogP contribution in [0.15, 0.2) is 18.2 Å². The summed E-state index contributed by atoms with van der Waals surface area (Å²) in [5.74, 6) is 0.983. The van der Waals surface area contributed by atoms with Gasteiger partial charge in [0.1, 0.15) is 5.82 Å². The topological polar surface area (TPSA) is 17.8 Å². The molecule has 2 aromatic rings. The maximum Gasteiger partial charge on any atom is 0.128 e. The number of para-hydroxylation sites is 1. The lowest BCUT2D eigenvalue weighted by Crippen LogP contribution is -2.30. The van der Waals surface area contributed by atoms with Crippen molar-refractivity contribution in [3.05, 3.63) is 29.6 Å². The molecule has 3 heteroatoms. The van der Waals surface area contributed by atoms with Gasteiger partial charge in [-0.3, -0.25) is 0 Å². The molecule has 0 spiro atoms. The van der Waals surface area contributed by atoms with E-state index in [9.17, 15) is 0 Å². The third-order valence-electron chi connectivity index (χ3n) is 4.33. The highest BCUT2D eigenvalue weighted by atomic mass is 35.5. The van der Waals surface area contributed by atoms with Crippen molar-refractivity contribution >= 4 is 22.6 Å². The van der Waals surface area contributed by atoms with Crippen LogP contribution in [0.3, 0.4) is 0 Å². The van der Waals surface area contributed by atoms with E-state index < -0.39 is 0 Å². The van der Waals surface area contributed by atoms with E-state index in [0.29, 0.717) is 0 Å². The van der Waals surface area contributed by atoms with E-state index in [1.54, 1.807) is 0 Å². The van der Waals surface area contributed by atoms with Crippen LogP contribution in [-0.2, 0) is 5.54 Å². The summed E-state index contributed by atoms with van der Waals surface area (Å²) in [7, 11) is 0. The fourth-order valence-corrected chi connectivity index (χ4v) is 2.80. The molecule has 0 radical (unpaired) electrons. The zero-order valence-corrected chi connectivity index (χ0v) is 13.3. The SMILES string of the molecule is CCC(C)(CC)n1c(C(C)Cl)nc2c(C)cccc21. The summed E-state index contributed by atoms with van der Waals surface area (Å²) in [6.07, 6.45) is 2.14. The molecule has 0 fully saturated rings. The van der Waals surface area contributed by atoms with Crippen LogP contribution in [0.2, 0.25) is 0 Å². The van der Waals surface area contributed by atoms with Crippen LogP contribution in [0.25, 0.3) is 11.0 Å². The van der Waals surface area contributed by atoms with Gasteiger partial charge in [-0.15, -0.1) is 11.6 Å². The number of nitrogens with zero attached hydrogens (tertiary/aromatic N) is 2. The first-order valence-corrected chi connectivity index (χ1v) is 7.50. The van der Waals surface area contributed by atoms with Gasteiger partial charge < -0.3 is 4.57 Å². The number of halogens is 1. The Kier molecular flexibility index (Phi) is 3.91. The van der Waals surface area contributed by atoms with E-state index in [-0.39, 0.29) is 10.9 Å².